The van der Waals surface area contributed by atoms with Crippen molar-refractivity contribution in [3.8, 4) is 0 Å². The Morgan fingerprint density at radius 1 is 1.05 bits per heavy atom. The van der Waals surface area contributed by atoms with E-state index in [2.05, 4.69) is 9.12 Å². The van der Waals surface area contributed by atoms with E-state index in [1.165, 1.54) is 53.4 Å². The molecule has 0 aliphatic carbocycles. The largest absolute Gasteiger partial charge is 0.481 e. The number of benzene rings is 2. The maximum atomic E-state index is 13.6. The number of aromatic nitrogens is 1. The average Bonchev–Trinajstić information content (AvgIpc) is 2.84. The van der Waals surface area contributed by atoms with Gasteiger partial charge in [0.25, 0.3) is 0 Å². The second-order valence-electron chi connectivity index (χ2n) is 8.04. The summed E-state index contributed by atoms with van der Waals surface area (Å²) in [4.78, 5) is 12.5. The lowest BCUT2D eigenvalue weighted by Gasteiger charge is -2.13. The highest BCUT2D eigenvalue weighted by atomic mass is 35.5. The van der Waals surface area contributed by atoms with Crippen molar-refractivity contribution in [2.75, 3.05) is 24.7 Å². The van der Waals surface area contributed by atoms with Crippen LogP contribution in [-0.4, -0.2) is 53.7 Å². The van der Waals surface area contributed by atoms with Gasteiger partial charge >= 0.3 is 32.0 Å². The fraction of sp³-hybridized carbons (Fsp3) is 0.174. The van der Waals surface area contributed by atoms with Crippen LogP contribution in [-0.2, 0) is 24.8 Å². The first-order valence-corrected chi connectivity index (χ1v) is 15.3. The van der Waals surface area contributed by atoms with E-state index < -0.39 is 37.7 Å². The van der Waals surface area contributed by atoms with E-state index in [9.17, 15) is 21.6 Å². The van der Waals surface area contributed by atoms with Gasteiger partial charge in [-0.15, -0.1) is 11.8 Å². The van der Waals surface area contributed by atoms with Crippen LogP contribution in [0, 0.1) is 6.92 Å². The highest BCUT2D eigenvalue weighted by Gasteiger charge is 2.31. The average molecular weight is 619 g/mol. The third-order valence-electron chi connectivity index (χ3n) is 4.98. The monoisotopic (exact) mass is 617 g/mol. The standard InChI is InChI=1S/C23H22Cl2N4O6S3/c1-15-12-21(20(13-19(15)25)36-14-22(30)31)38(34,35)27-23(29-10-8-17(9-11-29)28(2)3)26-37(32,33)18-6-4-16(24)5-7-18/h4-13H,14H2,1-3H3,(H-,26,27,30,31)/p+1. The van der Waals surface area contributed by atoms with Crippen molar-refractivity contribution in [1.82, 2.24) is 4.72 Å². The predicted molar refractivity (Wildman–Crippen MR) is 147 cm³/mol. The van der Waals surface area contributed by atoms with Crippen LogP contribution in [0.25, 0.3) is 0 Å². The minimum atomic E-state index is -4.48. The molecule has 0 radical (unpaired) electrons. The Morgan fingerprint density at radius 2 is 1.66 bits per heavy atom. The summed E-state index contributed by atoms with van der Waals surface area (Å²) in [5.74, 6) is -2.11. The fourth-order valence-corrected chi connectivity index (χ4v) is 6.73. The Kier molecular flexibility index (Phi) is 9.31. The molecule has 0 atom stereocenters. The molecular weight excluding hydrogens is 595 g/mol. The van der Waals surface area contributed by atoms with Crippen LogP contribution in [0.4, 0.5) is 5.69 Å². The number of aliphatic carboxylic acids is 1. The number of hydrogen-bond donors (Lipinski definition) is 2. The second-order valence-corrected chi connectivity index (χ2v) is 13.2. The van der Waals surface area contributed by atoms with E-state index in [-0.39, 0.29) is 19.7 Å². The van der Waals surface area contributed by atoms with Gasteiger partial charge in [-0.05, 0) is 61.0 Å². The molecule has 0 bridgehead atoms. The molecule has 38 heavy (non-hydrogen) atoms. The van der Waals surface area contributed by atoms with E-state index in [4.69, 9.17) is 28.3 Å². The molecule has 2 aromatic carbocycles. The molecule has 10 nitrogen and oxygen atoms in total. The fourth-order valence-electron chi connectivity index (χ4n) is 3.02. The Bertz CT molecular complexity index is 1590. The smallest absolute Gasteiger partial charge is 0.423 e. The summed E-state index contributed by atoms with van der Waals surface area (Å²) in [5.41, 5.74) is 1.19. The first kappa shape index (κ1) is 29.7. The zero-order chi connectivity index (χ0) is 28.3. The normalized spacial score (nSPS) is 12.3. The number of sulfonamides is 2. The Morgan fingerprint density at radius 3 is 2.21 bits per heavy atom. The molecule has 2 N–H and O–H groups in total. The van der Waals surface area contributed by atoms with Crippen molar-refractivity contribution in [2.24, 2.45) is 4.40 Å². The van der Waals surface area contributed by atoms with E-state index in [1.807, 2.05) is 14.1 Å². The molecular formula is C23H23Cl2N4O6S3+. The lowest BCUT2D eigenvalue weighted by Crippen LogP contribution is -2.53. The molecule has 15 heteroatoms. The van der Waals surface area contributed by atoms with Crippen LogP contribution >= 0.6 is 35.0 Å². The van der Waals surface area contributed by atoms with E-state index in [0.29, 0.717) is 10.6 Å². The minimum Gasteiger partial charge on any atom is -0.481 e. The van der Waals surface area contributed by atoms with Crippen molar-refractivity contribution in [3.05, 3.63) is 76.5 Å². The van der Waals surface area contributed by atoms with Crippen LogP contribution in [0.1, 0.15) is 5.56 Å². The van der Waals surface area contributed by atoms with Gasteiger partial charge in [0, 0.05) is 39.1 Å². The van der Waals surface area contributed by atoms with Crippen LogP contribution in [0.3, 0.4) is 0 Å². The number of nitrogens with zero attached hydrogens (tertiary/aromatic N) is 3. The number of anilines is 1. The molecule has 0 amide bonds. The first-order chi connectivity index (χ1) is 17.7. The second kappa shape index (κ2) is 11.9. The number of rotatable bonds is 8. The molecule has 3 rings (SSSR count). The van der Waals surface area contributed by atoms with Gasteiger partial charge in [0.2, 0.25) is 0 Å². The van der Waals surface area contributed by atoms with Crippen LogP contribution < -0.4 is 14.2 Å². The predicted octanol–water partition coefficient (Wildman–Crippen LogP) is 3.40. The Labute approximate surface area is 235 Å². The summed E-state index contributed by atoms with van der Waals surface area (Å²) >= 11 is 12.8. The number of pyridine rings is 1. The van der Waals surface area contributed by atoms with Gasteiger partial charge in [0.1, 0.15) is 9.79 Å². The molecule has 0 spiro atoms. The summed E-state index contributed by atoms with van der Waals surface area (Å²) < 4.78 is 60.5. The summed E-state index contributed by atoms with van der Waals surface area (Å²) in [5, 5.41) is 9.63. The van der Waals surface area contributed by atoms with Gasteiger partial charge in [-0.3, -0.25) is 4.79 Å². The SMILES string of the molecule is Cc1cc(S(=O)(=O)NC(=NS(=O)(=O)c2ccc(Cl)cc2)[n+]2ccc(N(C)C)cc2)c(SCC(=O)O)cc1Cl. The zero-order valence-corrected chi connectivity index (χ0v) is 24.3. The molecule has 202 valence electrons. The van der Waals surface area contributed by atoms with Crippen LogP contribution in [0.5, 0.6) is 0 Å². The number of carbonyl (C=O) groups is 1. The lowest BCUT2D eigenvalue weighted by molar-refractivity contribution is -0.558. The molecule has 3 aromatic rings. The Balaban J connectivity index is 2.15. The highest BCUT2D eigenvalue weighted by Crippen LogP contribution is 2.32. The van der Waals surface area contributed by atoms with Crippen molar-refractivity contribution in [2.45, 2.75) is 21.6 Å². The number of hydrogen-bond acceptors (Lipinski definition) is 7. The molecule has 0 aliphatic heterocycles. The van der Waals surface area contributed by atoms with Crippen LogP contribution in [0.15, 0.2) is 80.0 Å². The molecule has 0 aliphatic rings. The quantitative estimate of drug-likeness (QED) is 0.170. The third kappa shape index (κ3) is 7.38. The molecule has 0 saturated heterocycles. The maximum Gasteiger partial charge on any atom is 0.423 e. The third-order valence-corrected chi connectivity index (χ3v) is 9.46. The summed E-state index contributed by atoms with van der Waals surface area (Å²) in [6, 6.07) is 11.1. The van der Waals surface area contributed by atoms with Crippen molar-refractivity contribution >= 4 is 72.6 Å². The van der Waals surface area contributed by atoms with Crippen molar-refractivity contribution in [3.63, 3.8) is 0 Å². The molecule has 0 fully saturated rings. The first-order valence-electron chi connectivity index (χ1n) is 10.7. The number of halogens is 2. The number of carboxylic acid groups (broad SMARTS) is 1. The van der Waals surface area contributed by atoms with Gasteiger partial charge in [0.05, 0.1) is 18.1 Å². The minimum absolute atomic E-state index is 0.0726. The number of thioether (sulfide) groups is 1. The highest BCUT2D eigenvalue weighted by molar-refractivity contribution is 8.00. The molecule has 1 heterocycles. The topological polar surface area (TPSA) is 137 Å². The molecule has 0 unspecified atom stereocenters. The maximum absolute atomic E-state index is 13.6. The number of nitrogens with one attached hydrogen (secondary N) is 1. The van der Waals surface area contributed by atoms with E-state index in [1.54, 1.807) is 24.0 Å². The summed E-state index contributed by atoms with van der Waals surface area (Å²) in [7, 11) is -5.25. The van der Waals surface area contributed by atoms with Gasteiger partial charge < -0.3 is 10.0 Å². The summed E-state index contributed by atoms with van der Waals surface area (Å²) in [6.45, 7) is 1.59. The van der Waals surface area contributed by atoms with Gasteiger partial charge in [0.15, 0.2) is 0 Å². The van der Waals surface area contributed by atoms with Gasteiger partial charge in [-0.2, -0.15) is 21.6 Å². The van der Waals surface area contributed by atoms with E-state index in [0.717, 1.165) is 17.4 Å². The number of carboxylic acids is 1. The molecule has 0 saturated carbocycles. The van der Waals surface area contributed by atoms with Gasteiger partial charge in [-0.25, -0.2) is 4.57 Å². The van der Waals surface area contributed by atoms with Gasteiger partial charge in [-0.1, -0.05) is 23.2 Å². The van der Waals surface area contributed by atoms with Crippen LogP contribution in [0.2, 0.25) is 10.0 Å². The molecule has 1 aromatic heterocycles. The zero-order valence-electron chi connectivity index (χ0n) is 20.3. The van der Waals surface area contributed by atoms with E-state index >= 15 is 0 Å². The van der Waals surface area contributed by atoms with Crippen molar-refractivity contribution in [1.29, 1.82) is 0 Å². The Hall–Kier alpha value is -2.84. The number of aryl methyl sites for hydroxylation is 1. The van der Waals surface area contributed by atoms with Crippen molar-refractivity contribution < 1.29 is 31.3 Å². The lowest BCUT2D eigenvalue weighted by atomic mass is 10.2. The summed E-state index contributed by atoms with van der Waals surface area (Å²) in [6.07, 6.45) is 2.89.